The molecule has 0 bridgehead atoms. The molecule has 0 saturated carbocycles. The first-order chi connectivity index (χ1) is 26.7. The highest BCUT2D eigenvalue weighted by Gasteiger charge is 2.44. The normalized spacial score (nSPS) is 18.7. The number of allylic oxidation sites excluding steroid dienone is 3. The molecular formula is C49H41BN4. The number of rotatable bonds is 5. The smallest absolute Gasteiger partial charge is 0.252 e. The third kappa shape index (κ3) is 5.54. The molecule has 3 aliphatic heterocycles. The van der Waals surface area contributed by atoms with Crippen LogP contribution in [0.15, 0.2) is 186 Å². The molecule has 260 valence electrons. The van der Waals surface area contributed by atoms with Crippen LogP contribution in [-0.4, -0.2) is 18.3 Å². The van der Waals surface area contributed by atoms with Gasteiger partial charge in [0.1, 0.15) is 0 Å². The van der Waals surface area contributed by atoms with Gasteiger partial charge < -0.3 is 9.80 Å². The van der Waals surface area contributed by atoms with E-state index in [1.165, 1.54) is 39.1 Å². The van der Waals surface area contributed by atoms with Crippen LogP contribution in [0.4, 0.5) is 34.1 Å². The molecule has 1 aliphatic carbocycles. The molecule has 4 nitrogen and oxygen atoms in total. The van der Waals surface area contributed by atoms with Crippen molar-refractivity contribution < 1.29 is 0 Å². The van der Waals surface area contributed by atoms with Gasteiger partial charge in [-0.1, -0.05) is 134 Å². The van der Waals surface area contributed by atoms with Gasteiger partial charge >= 0.3 is 0 Å². The Bertz CT molecular complexity index is 2480. The number of amidine groups is 1. The van der Waals surface area contributed by atoms with Gasteiger partial charge in [-0.15, -0.1) is 0 Å². The number of hydrogen-bond acceptors (Lipinski definition) is 4. The second-order valence-corrected chi connectivity index (χ2v) is 14.9. The summed E-state index contributed by atoms with van der Waals surface area (Å²) in [5.74, 6) is 1.75. The van der Waals surface area contributed by atoms with Gasteiger partial charge in [0.05, 0.1) is 11.4 Å². The maximum atomic E-state index is 5.58. The molecule has 0 aromatic heterocycles. The Hall–Kier alpha value is -6.20. The molecule has 4 aliphatic rings. The Morgan fingerprint density at radius 2 is 1.24 bits per heavy atom. The lowest BCUT2D eigenvalue weighted by molar-refractivity contribution is 0.459. The Labute approximate surface area is 318 Å². The third-order valence-electron chi connectivity index (χ3n) is 11.4. The number of anilines is 6. The predicted molar refractivity (Wildman–Crippen MR) is 228 cm³/mol. The first-order valence-electron chi connectivity index (χ1n) is 19.4. The number of benzene rings is 6. The van der Waals surface area contributed by atoms with Crippen molar-refractivity contribution in [3.8, 4) is 0 Å². The number of nitrogens with zero attached hydrogens (tertiary/aromatic N) is 4. The van der Waals surface area contributed by atoms with Crippen LogP contribution in [0.1, 0.15) is 43.7 Å². The van der Waals surface area contributed by atoms with E-state index in [0.29, 0.717) is 11.8 Å². The first kappa shape index (κ1) is 32.5. The van der Waals surface area contributed by atoms with Crippen molar-refractivity contribution in [2.45, 2.75) is 32.6 Å². The monoisotopic (exact) mass is 696 g/mol. The van der Waals surface area contributed by atoms with Crippen molar-refractivity contribution in [1.29, 1.82) is 0 Å². The van der Waals surface area contributed by atoms with Gasteiger partial charge in [-0.3, -0.25) is 0 Å². The minimum atomic E-state index is 0.0465. The van der Waals surface area contributed by atoms with E-state index in [1.807, 2.05) is 0 Å². The lowest BCUT2D eigenvalue weighted by Gasteiger charge is -2.44. The van der Waals surface area contributed by atoms with E-state index in [0.717, 1.165) is 65.4 Å². The van der Waals surface area contributed by atoms with E-state index in [2.05, 4.69) is 187 Å². The van der Waals surface area contributed by atoms with E-state index in [1.54, 1.807) is 0 Å². The second-order valence-electron chi connectivity index (χ2n) is 14.9. The topological polar surface area (TPSA) is 31.2 Å². The van der Waals surface area contributed by atoms with Gasteiger partial charge in [-0.2, -0.15) is 0 Å². The third-order valence-corrected chi connectivity index (χ3v) is 11.4. The molecule has 2 atom stereocenters. The second kappa shape index (κ2) is 13.7. The van der Waals surface area contributed by atoms with Crippen LogP contribution in [-0.2, 0) is 0 Å². The van der Waals surface area contributed by atoms with Crippen molar-refractivity contribution in [2.75, 3.05) is 9.80 Å². The maximum Gasteiger partial charge on any atom is 0.252 e. The molecule has 54 heavy (non-hydrogen) atoms. The molecule has 10 rings (SSSR count). The van der Waals surface area contributed by atoms with E-state index >= 15 is 0 Å². The summed E-state index contributed by atoms with van der Waals surface area (Å²) in [5.41, 5.74) is 15.4. The van der Waals surface area contributed by atoms with Gasteiger partial charge in [0.25, 0.3) is 6.71 Å². The van der Waals surface area contributed by atoms with Gasteiger partial charge in [0.15, 0.2) is 5.84 Å². The molecule has 0 spiro atoms. The highest BCUT2D eigenvalue weighted by Crippen LogP contribution is 2.45. The van der Waals surface area contributed by atoms with Crippen LogP contribution >= 0.6 is 0 Å². The summed E-state index contributed by atoms with van der Waals surface area (Å²) in [5, 5.41) is 0. The number of fused-ring (bicyclic) bond motifs is 4. The molecule has 0 fully saturated rings. The Morgan fingerprint density at radius 3 is 2.00 bits per heavy atom. The van der Waals surface area contributed by atoms with E-state index in [9.17, 15) is 0 Å². The maximum absolute atomic E-state index is 5.58. The van der Waals surface area contributed by atoms with Crippen LogP contribution in [0.5, 0.6) is 0 Å². The average Bonchev–Trinajstić information content (AvgIpc) is 3.22. The fourth-order valence-electron chi connectivity index (χ4n) is 9.05. The summed E-state index contributed by atoms with van der Waals surface area (Å²) in [4.78, 5) is 15.9. The zero-order chi connectivity index (χ0) is 36.0. The fourth-order valence-corrected chi connectivity index (χ4v) is 9.05. The highest BCUT2D eigenvalue weighted by molar-refractivity contribution is 7.00. The fraction of sp³-hybridized carbons (Fsp3) is 0.143. The average molecular weight is 697 g/mol. The van der Waals surface area contributed by atoms with Crippen molar-refractivity contribution in [3.63, 3.8) is 0 Å². The summed E-state index contributed by atoms with van der Waals surface area (Å²) >= 11 is 0. The number of hydrogen-bond donors (Lipinski definition) is 0. The van der Waals surface area contributed by atoms with Crippen molar-refractivity contribution in [2.24, 2.45) is 21.8 Å². The van der Waals surface area contributed by atoms with Gasteiger partial charge in [0, 0.05) is 51.2 Å². The summed E-state index contributed by atoms with van der Waals surface area (Å²) in [6.45, 7) is 2.39. The molecule has 6 aromatic rings. The van der Waals surface area contributed by atoms with Crippen LogP contribution in [0.2, 0.25) is 0 Å². The summed E-state index contributed by atoms with van der Waals surface area (Å²) in [6.07, 6.45) is 11.0. The number of para-hydroxylation sites is 4. The highest BCUT2D eigenvalue weighted by atomic mass is 15.2. The zero-order valence-corrected chi connectivity index (χ0v) is 30.5. The minimum Gasteiger partial charge on any atom is -0.311 e. The van der Waals surface area contributed by atoms with Crippen molar-refractivity contribution in [3.05, 3.63) is 187 Å². The first-order valence-corrected chi connectivity index (χ1v) is 19.4. The molecule has 0 amide bonds. The zero-order valence-electron chi connectivity index (χ0n) is 30.5. The van der Waals surface area contributed by atoms with E-state index in [-0.39, 0.29) is 6.71 Å². The van der Waals surface area contributed by atoms with Crippen LogP contribution in [0.25, 0.3) is 0 Å². The van der Waals surface area contributed by atoms with Gasteiger partial charge in [-0.05, 0) is 90.5 Å². The van der Waals surface area contributed by atoms with E-state index in [4.69, 9.17) is 9.98 Å². The SMILES string of the molecule is CC1CC=CC(C2=CCCC(c3cccc4c3N(c3ccccc3)c3cccc5c3B4c3ccccc3N5c3ccccc3)=NC(c3ccccc3)=N2)C1. The molecule has 3 heterocycles. The summed E-state index contributed by atoms with van der Waals surface area (Å²) in [6, 6.07) is 54.8. The Balaban J connectivity index is 1.20. The van der Waals surface area contributed by atoms with Crippen LogP contribution in [0.3, 0.4) is 0 Å². The molecule has 5 heteroatoms. The van der Waals surface area contributed by atoms with Crippen LogP contribution in [0, 0.1) is 11.8 Å². The van der Waals surface area contributed by atoms with Crippen molar-refractivity contribution >= 4 is 68.8 Å². The number of aliphatic imine (C=N–C) groups is 2. The molecule has 0 saturated heterocycles. The summed E-state index contributed by atoms with van der Waals surface area (Å²) < 4.78 is 0. The minimum absolute atomic E-state index is 0.0465. The van der Waals surface area contributed by atoms with E-state index < -0.39 is 0 Å². The Kier molecular flexibility index (Phi) is 8.21. The van der Waals surface area contributed by atoms with Crippen molar-refractivity contribution in [1.82, 2.24) is 0 Å². The van der Waals surface area contributed by atoms with Crippen LogP contribution < -0.4 is 26.2 Å². The predicted octanol–water partition coefficient (Wildman–Crippen LogP) is 10.3. The lowest BCUT2D eigenvalue weighted by Crippen LogP contribution is -2.61. The standard InChI is InChI=1S/C49H41BN4/c1-34-17-13-20-36(33-34)42-28-15-29-43(52-49(51-42)35-18-5-2-6-19-35)39-25-14-27-41-48(39)54(38-23-9-4-10-24-38)46-32-16-31-45-47(46)50(41)40-26-11-12-30-44(40)53(45)37-21-7-3-8-22-37/h2-14,16,18-28,30-32,34,36H,15,17,29,33H2,1H3. The molecular weight excluding hydrogens is 655 g/mol. The largest absolute Gasteiger partial charge is 0.311 e. The summed E-state index contributed by atoms with van der Waals surface area (Å²) in [7, 11) is 0. The quantitative estimate of drug-likeness (QED) is 0.133. The van der Waals surface area contributed by atoms with Gasteiger partial charge in [-0.25, -0.2) is 9.98 Å². The Morgan fingerprint density at radius 1 is 0.611 bits per heavy atom. The van der Waals surface area contributed by atoms with Gasteiger partial charge in [0.2, 0.25) is 0 Å². The molecule has 0 N–H and O–H groups in total. The molecule has 2 unspecified atom stereocenters. The lowest BCUT2D eigenvalue weighted by atomic mass is 9.33. The molecule has 6 aromatic carbocycles. The molecule has 0 radical (unpaired) electrons.